The molecular weight excluding hydrogens is 268 g/mol. The number of hydrogen-bond acceptors (Lipinski definition) is 5. The fourth-order valence-corrected chi connectivity index (χ4v) is 2.88. The molecule has 2 aromatic rings. The van der Waals surface area contributed by atoms with Crippen molar-refractivity contribution in [2.45, 2.75) is 45.7 Å². The molecule has 2 N–H and O–H groups in total. The lowest BCUT2D eigenvalue weighted by molar-refractivity contribution is 0.0921. The van der Waals surface area contributed by atoms with Crippen LogP contribution in [0.5, 0.6) is 0 Å². The van der Waals surface area contributed by atoms with Crippen molar-refractivity contribution in [1.82, 2.24) is 20.8 Å². The molecule has 2 atom stereocenters. The van der Waals surface area contributed by atoms with Gasteiger partial charge in [0.1, 0.15) is 0 Å². The Morgan fingerprint density at radius 3 is 3.05 bits per heavy atom. The Bertz CT molecular complexity index is 680. The van der Waals surface area contributed by atoms with Crippen molar-refractivity contribution in [2.24, 2.45) is 0 Å². The van der Waals surface area contributed by atoms with Crippen LogP contribution < -0.4 is 10.6 Å². The number of pyridine rings is 1. The van der Waals surface area contributed by atoms with Crippen LogP contribution in [0.2, 0.25) is 0 Å². The van der Waals surface area contributed by atoms with E-state index in [1.807, 2.05) is 13.8 Å². The fraction of sp³-hybridized carbons (Fsp3) is 0.533. The summed E-state index contributed by atoms with van der Waals surface area (Å²) in [7, 11) is 0. The number of carbonyl (C=O) groups excluding carboxylic acids is 1. The molecule has 0 saturated carbocycles. The molecule has 0 aromatic carbocycles. The number of nitrogens with one attached hydrogen (secondary N) is 2. The highest BCUT2D eigenvalue weighted by Gasteiger charge is 2.25. The molecule has 0 spiro atoms. The maximum absolute atomic E-state index is 12.6. The predicted molar refractivity (Wildman–Crippen MR) is 79.2 cm³/mol. The number of nitrogens with zero attached hydrogens (tertiary/aromatic N) is 2. The monoisotopic (exact) mass is 288 g/mol. The maximum atomic E-state index is 12.6. The first-order chi connectivity index (χ1) is 10.1. The lowest BCUT2D eigenvalue weighted by atomic mass is 9.99. The highest BCUT2D eigenvalue weighted by atomic mass is 16.5. The van der Waals surface area contributed by atoms with E-state index < -0.39 is 0 Å². The summed E-state index contributed by atoms with van der Waals surface area (Å²) >= 11 is 0. The van der Waals surface area contributed by atoms with Crippen molar-refractivity contribution in [1.29, 1.82) is 0 Å². The van der Waals surface area contributed by atoms with Crippen molar-refractivity contribution in [2.75, 3.05) is 6.54 Å². The smallest absolute Gasteiger partial charge is 0.258 e. The second-order valence-corrected chi connectivity index (χ2v) is 5.72. The Morgan fingerprint density at radius 2 is 2.29 bits per heavy atom. The summed E-state index contributed by atoms with van der Waals surface area (Å²) in [6.45, 7) is 6.78. The normalized spacial score (nSPS) is 22.4. The van der Waals surface area contributed by atoms with Gasteiger partial charge in [0.2, 0.25) is 0 Å². The van der Waals surface area contributed by atoms with E-state index in [0.717, 1.165) is 25.1 Å². The van der Waals surface area contributed by atoms with E-state index in [4.69, 9.17) is 4.52 Å². The van der Waals surface area contributed by atoms with E-state index >= 15 is 0 Å². The van der Waals surface area contributed by atoms with Gasteiger partial charge in [-0.3, -0.25) is 4.79 Å². The summed E-state index contributed by atoms with van der Waals surface area (Å²) in [6.07, 6.45) is 2.07. The van der Waals surface area contributed by atoms with Gasteiger partial charge < -0.3 is 15.2 Å². The molecule has 1 aliphatic rings. The van der Waals surface area contributed by atoms with Gasteiger partial charge in [0, 0.05) is 17.8 Å². The molecule has 21 heavy (non-hydrogen) atoms. The van der Waals surface area contributed by atoms with E-state index in [0.29, 0.717) is 22.4 Å². The van der Waals surface area contributed by atoms with Gasteiger partial charge in [0.05, 0.1) is 16.6 Å². The Hall–Kier alpha value is -1.95. The zero-order valence-corrected chi connectivity index (χ0v) is 12.6. The predicted octanol–water partition coefficient (Wildman–Crippen LogP) is 1.71. The number of fused-ring (bicyclic) bond motifs is 1. The van der Waals surface area contributed by atoms with Gasteiger partial charge in [-0.25, -0.2) is 4.98 Å². The molecule has 1 amide bonds. The molecule has 1 aliphatic heterocycles. The number of hydrogen-bond donors (Lipinski definition) is 2. The molecule has 2 aromatic heterocycles. The second-order valence-electron chi connectivity index (χ2n) is 5.72. The van der Waals surface area contributed by atoms with Gasteiger partial charge >= 0.3 is 0 Å². The van der Waals surface area contributed by atoms with Crippen LogP contribution in [0.4, 0.5) is 0 Å². The molecule has 3 heterocycles. The molecule has 6 nitrogen and oxygen atoms in total. The maximum Gasteiger partial charge on any atom is 0.258 e. The van der Waals surface area contributed by atoms with Gasteiger partial charge in [-0.1, -0.05) is 5.16 Å². The lowest BCUT2D eigenvalue weighted by Gasteiger charge is -2.30. The van der Waals surface area contributed by atoms with Crippen LogP contribution in [-0.4, -0.2) is 34.7 Å². The van der Waals surface area contributed by atoms with Gasteiger partial charge in [-0.15, -0.1) is 0 Å². The van der Waals surface area contributed by atoms with Crippen LogP contribution in [0.3, 0.4) is 0 Å². The number of aromatic nitrogens is 2. The third-order valence-corrected chi connectivity index (χ3v) is 4.07. The first-order valence-corrected chi connectivity index (χ1v) is 7.34. The molecule has 112 valence electrons. The molecule has 1 fully saturated rings. The fourth-order valence-electron chi connectivity index (χ4n) is 2.88. The number of piperidine rings is 1. The summed E-state index contributed by atoms with van der Waals surface area (Å²) in [6, 6.07) is 2.22. The average Bonchev–Trinajstić information content (AvgIpc) is 2.82. The van der Waals surface area contributed by atoms with Crippen LogP contribution in [0, 0.1) is 13.8 Å². The molecule has 0 radical (unpaired) electrons. The Morgan fingerprint density at radius 1 is 1.48 bits per heavy atom. The van der Waals surface area contributed by atoms with Crippen LogP contribution >= 0.6 is 0 Å². The van der Waals surface area contributed by atoms with Crippen molar-refractivity contribution >= 4 is 17.0 Å². The summed E-state index contributed by atoms with van der Waals surface area (Å²) in [4.78, 5) is 16.9. The van der Waals surface area contributed by atoms with Crippen molar-refractivity contribution in [3.8, 4) is 0 Å². The molecule has 0 aliphatic carbocycles. The van der Waals surface area contributed by atoms with Crippen molar-refractivity contribution < 1.29 is 9.32 Å². The average molecular weight is 288 g/mol. The van der Waals surface area contributed by atoms with Crippen LogP contribution in [0.15, 0.2) is 10.6 Å². The number of amides is 1. The number of rotatable bonds is 2. The molecular formula is C15H20N4O2. The minimum atomic E-state index is -0.0858. The Balaban J connectivity index is 1.92. The highest BCUT2D eigenvalue weighted by Crippen LogP contribution is 2.22. The molecule has 1 saturated heterocycles. The highest BCUT2D eigenvalue weighted by molar-refractivity contribution is 6.06. The minimum Gasteiger partial charge on any atom is -0.348 e. The quantitative estimate of drug-likeness (QED) is 0.879. The number of carbonyl (C=O) groups is 1. The van der Waals surface area contributed by atoms with E-state index in [-0.39, 0.29) is 18.0 Å². The molecule has 2 unspecified atom stereocenters. The zero-order chi connectivity index (χ0) is 15.0. The molecule has 6 heteroatoms. The first-order valence-electron chi connectivity index (χ1n) is 7.34. The molecule has 3 rings (SSSR count). The third-order valence-electron chi connectivity index (χ3n) is 4.07. The van der Waals surface area contributed by atoms with Crippen LogP contribution in [0.1, 0.15) is 41.5 Å². The first kappa shape index (κ1) is 14.0. The summed E-state index contributed by atoms with van der Waals surface area (Å²) in [5.41, 5.74) is 2.46. The largest absolute Gasteiger partial charge is 0.348 e. The third kappa shape index (κ3) is 2.63. The zero-order valence-electron chi connectivity index (χ0n) is 12.6. The minimum absolute atomic E-state index is 0.0858. The van der Waals surface area contributed by atoms with E-state index in [9.17, 15) is 4.79 Å². The van der Waals surface area contributed by atoms with Gasteiger partial charge in [0.25, 0.3) is 11.6 Å². The van der Waals surface area contributed by atoms with Crippen LogP contribution in [0.25, 0.3) is 11.1 Å². The van der Waals surface area contributed by atoms with E-state index in [2.05, 4.69) is 27.7 Å². The van der Waals surface area contributed by atoms with E-state index in [1.165, 1.54) is 0 Å². The van der Waals surface area contributed by atoms with Gasteiger partial charge in [-0.05, 0) is 46.2 Å². The van der Waals surface area contributed by atoms with Gasteiger partial charge in [-0.2, -0.15) is 0 Å². The van der Waals surface area contributed by atoms with Crippen LogP contribution in [-0.2, 0) is 0 Å². The Labute approximate surface area is 123 Å². The molecule has 0 bridgehead atoms. The summed E-state index contributed by atoms with van der Waals surface area (Å²) in [5, 5.41) is 11.1. The van der Waals surface area contributed by atoms with Crippen molar-refractivity contribution in [3.05, 3.63) is 23.0 Å². The lowest BCUT2D eigenvalue weighted by Crippen LogP contribution is -2.51. The second kappa shape index (κ2) is 5.44. The summed E-state index contributed by atoms with van der Waals surface area (Å²) < 4.78 is 5.18. The number of aryl methyl sites for hydroxylation is 2. The van der Waals surface area contributed by atoms with Crippen molar-refractivity contribution in [3.63, 3.8) is 0 Å². The SMILES string of the molecule is Cc1cc(C(=O)NC2CCCNC2C)c2c(C)noc2n1. The van der Waals surface area contributed by atoms with Gasteiger partial charge in [0.15, 0.2) is 0 Å². The summed E-state index contributed by atoms with van der Waals surface area (Å²) in [5.74, 6) is -0.0858. The Kier molecular flexibility index (Phi) is 3.63. The topological polar surface area (TPSA) is 80.0 Å². The standard InChI is InChI=1S/C15H20N4O2/c1-8-7-11(13-10(3)19-21-15(13)17-8)14(20)18-12-5-4-6-16-9(12)2/h7,9,12,16H,4-6H2,1-3H3,(H,18,20). The van der Waals surface area contributed by atoms with E-state index in [1.54, 1.807) is 6.07 Å².